The van der Waals surface area contributed by atoms with E-state index in [0.29, 0.717) is 0 Å². The lowest BCUT2D eigenvalue weighted by molar-refractivity contribution is -0.293. The van der Waals surface area contributed by atoms with Gasteiger partial charge in [0, 0.05) is 0 Å². The molecule has 0 fully saturated rings. The van der Waals surface area contributed by atoms with Crippen LogP contribution in [0.2, 0.25) is 0 Å². The van der Waals surface area contributed by atoms with Crippen LogP contribution in [-0.4, -0.2) is 22.6 Å². The maximum atomic E-state index is 8.21. The van der Waals surface area contributed by atoms with Gasteiger partial charge in [0.2, 0.25) is 0 Å². The zero-order chi connectivity index (χ0) is 7.33. The van der Waals surface area contributed by atoms with Gasteiger partial charge in [-0.1, -0.05) is 11.8 Å². The maximum Gasteiger partial charge on any atom is 0.158 e. The van der Waals surface area contributed by atoms with E-state index >= 15 is 0 Å². The van der Waals surface area contributed by atoms with Crippen molar-refractivity contribution in [2.45, 2.75) is 19.4 Å². The number of rotatable bonds is 1. The zero-order valence-electron chi connectivity index (χ0n) is 5.51. The average molecular weight is 130 g/mol. The SMILES string of the molecule is CC(C)(C#CCO)OO. The van der Waals surface area contributed by atoms with Gasteiger partial charge in [0.25, 0.3) is 0 Å². The lowest BCUT2D eigenvalue weighted by Gasteiger charge is -2.10. The summed E-state index contributed by atoms with van der Waals surface area (Å²) in [6.07, 6.45) is 0. The third kappa shape index (κ3) is 3.98. The summed E-state index contributed by atoms with van der Waals surface area (Å²) in [5, 5.41) is 16.4. The average Bonchev–Trinajstić information content (AvgIpc) is 1.84. The van der Waals surface area contributed by atoms with E-state index in [4.69, 9.17) is 10.4 Å². The zero-order valence-corrected chi connectivity index (χ0v) is 5.51. The van der Waals surface area contributed by atoms with Crippen molar-refractivity contribution in [3.8, 4) is 11.8 Å². The second-order valence-corrected chi connectivity index (χ2v) is 2.06. The maximum absolute atomic E-state index is 8.21. The van der Waals surface area contributed by atoms with Gasteiger partial charge in [0.1, 0.15) is 6.61 Å². The highest BCUT2D eigenvalue weighted by Crippen LogP contribution is 2.02. The van der Waals surface area contributed by atoms with Crippen LogP contribution in [0.1, 0.15) is 13.8 Å². The van der Waals surface area contributed by atoms with E-state index in [2.05, 4.69) is 16.7 Å². The molecule has 0 heterocycles. The first-order valence-electron chi connectivity index (χ1n) is 2.56. The molecule has 3 nitrogen and oxygen atoms in total. The van der Waals surface area contributed by atoms with Crippen LogP contribution in [-0.2, 0) is 4.89 Å². The van der Waals surface area contributed by atoms with Gasteiger partial charge in [-0.3, -0.25) is 5.26 Å². The molecule has 0 bridgehead atoms. The Hall–Kier alpha value is -0.560. The summed E-state index contributed by atoms with van der Waals surface area (Å²) in [7, 11) is 0. The van der Waals surface area contributed by atoms with Crippen LogP contribution in [0, 0.1) is 11.8 Å². The van der Waals surface area contributed by atoms with E-state index in [1.807, 2.05) is 0 Å². The second-order valence-electron chi connectivity index (χ2n) is 2.06. The van der Waals surface area contributed by atoms with E-state index < -0.39 is 5.60 Å². The van der Waals surface area contributed by atoms with Crippen LogP contribution in [0.3, 0.4) is 0 Å². The van der Waals surface area contributed by atoms with Crippen molar-refractivity contribution in [3.05, 3.63) is 0 Å². The molecule has 0 unspecified atom stereocenters. The van der Waals surface area contributed by atoms with Crippen LogP contribution >= 0.6 is 0 Å². The number of aliphatic hydroxyl groups is 1. The third-order valence-electron chi connectivity index (χ3n) is 0.697. The summed E-state index contributed by atoms with van der Waals surface area (Å²) < 4.78 is 0. The van der Waals surface area contributed by atoms with Gasteiger partial charge in [-0.25, -0.2) is 4.89 Å². The molecule has 52 valence electrons. The van der Waals surface area contributed by atoms with Crippen LogP contribution in [0.5, 0.6) is 0 Å². The largest absolute Gasteiger partial charge is 0.384 e. The lowest BCUT2D eigenvalue weighted by Crippen LogP contribution is -2.19. The molecule has 0 saturated carbocycles. The molecule has 2 N–H and O–H groups in total. The topological polar surface area (TPSA) is 49.7 Å². The summed E-state index contributed by atoms with van der Waals surface area (Å²) in [5.41, 5.74) is -0.872. The highest BCUT2D eigenvalue weighted by molar-refractivity contribution is 5.10. The smallest absolute Gasteiger partial charge is 0.158 e. The Kier molecular flexibility index (Phi) is 3.25. The molecule has 3 heteroatoms. The van der Waals surface area contributed by atoms with Crippen molar-refractivity contribution in [2.75, 3.05) is 6.61 Å². The van der Waals surface area contributed by atoms with E-state index in [1.54, 1.807) is 13.8 Å². The van der Waals surface area contributed by atoms with Crippen LogP contribution in [0.25, 0.3) is 0 Å². The Morgan fingerprint density at radius 2 is 2.11 bits per heavy atom. The molecule has 0 spiro atoms. The first-order valence-corrected chi connectivity index (χ1v) is 2.56. The fourth-order valence-electron chi connectivity index (χ4n) is 0.275. The Labute approximate surface area is 54.2 Å². The molecule has 0 rings (SSSR count). The summed E-state index contributed by atoms with van der Waals surface area (Å²) in [4.78, 5) is 3.96. The lowest BCUT2D eigenvalue weighted by atomic mass is 10.1. The molecule has 0 saturated heterocycles. The standard InChI is InChI=1S/C6H10O3/c1-6(2,9-8)4-3-5-7/h7-8H,5H2,1-2H3. The van der Waals surface area contributed by atoms with E-state index in [0.717, 1.165) is 0 Å². The van der Waals surface area contributed by atoms with Gasteiger partial charge in [0.15, 0.2) is 5.60 Å². The first kappa shape index (κ1) is 8.44. The predicted molar refractivity (Wildman–Crippen MR) is 32.7 cm³/mol. The van der Waals surface area contributed by atoms with Crippen molar-refractivity contribution < 1.29 is 15.3 Å². The predicted octanol–water partition coefficient (Wildman–Crippen LogP) is 0.250. The van der Waals surface area contributed by atoms with Gasteiger partial charge in [0.05, 0.1) is 0 Å². The van der Waals surface area contributed by atoms with Gasteiger partial charge >= 0.3 is 0 Å². The molecular weight excluding hydrogens is 120 g/mol. The molecule has 0 aliphatic heterocycles. The molecule has 0 amide bonds. The van der Waals surface area contributed by atoms with Gasteiger partial charge in [-0.15, -0.1) is 0 Å². The van der Waals surface area contributed by atoms with Crippen molar-refractivity contribution in [2.24, 2.45) is 0 Å². The quantitative estimate of drug-likeness (QED) is 0.304. The van der Waals surface area contributed by atoms with Crippen LogP contribution in [0.15, 0.2) is 0 Å². The molecule has 0 aromatic heterocycles. The summed E-state index contributed by atoms with van der Waals surface area (Å²) in [5.74, 6) is 4.85. The normalized spacial score (nSPS) is 10.2. The van der Waals surface area contributed by atoms with E-state index in [-0.39, 0.29) is 6.61 Å². The van der Waals surface area contributed by atoms with Crippen molar-refractivity contribution >= 4 is 0 Å². The Bertz CT molecular complexity index is 129. The Morgan fingerprint density at radius 3 is 2.44 bits per heavy atom. The fraction of sp³-hybridized carbons (Fsp3) is 0.667. The fourth-order valence-corrected chi connectivity index (χ4v) is 0.275. The number of aliphatic hydroxyl groups excluding tert-OH is 1. The Morgan fingerprint density at radius 1 is 1.56 bits per heavy atom. The summed E-state index contributed by atoms with van der Waals surface area (Å²) in [6.45, 7) is 2.97. The monoisotopic (exact) mass is 130 g/mol. The minimum atomic E-state index is -0.872. The van der Waals surface area contributed by atoms with Gasteiger partial charge in [-0.2, -0.15) is 0 Å². The molecule has 9 heavy (non-hydrogen) atoms. The molecular formula is C6H10O3. The van der Waals surface area contributed by atoms with Crippen LogP contribution in [0.4, 0.5) is 0 Å². The minimum absolute atomic E-state index is 0.215. The Balaban J connectivity index is 3.84. The van der Waals surface area contributed by atoms with E-state index in [9.17, 15) is 0 Å². The van der Waals surface area contributed by atoms with Crippen molar-refractivity contribution in [1.29, 1.82) is 0 Å². The van der Waals surface area contributed by atoms with E-state index in [1.165, 1.54) is 0 Å². The molecule has 0 aromatic rings. The molecule has 0 aliphatic carbocycles. The van der Waals surface area contributed by atoms with Gasteiger partial charge < -0.3 is 5.11 Å². The highest BCUT2D eigenvalue weighted by Gasteiger charge is 2.12. The number of hydrogen-bond acceptors (Lipinski definition) is 3. The molecule has 0 aromatic carbocycles. The third-order valence-corrected chi connectivity index (χ3v) is 0.697. The molecule has 0 atom stereocenters. The summed E-state index contributed by atoms with van der Waals surface area (Å²) >= 11 is 0. The molecule has 0 aliphatic rings. The van der Waals surface area contributed by atoms with Crippen molar-refractivity contribution in [3.63, 3.8) is 0 Å². The summed E-state index contributed by atoms with van der Waals surface area (Å²) in [6, 6.07) is 0. The van der Waals surface area contributed by atoms with Crippen LogP contribution < -0.4 is 0 Å². The minimum Gasteiger partial charge on any atom is -0.384 e. The van der Waals surface area contributed by atoms with Gasteiger partial charge in [-0.05, 0) is 13.8 Å². The molecule has 0 radical (unpaired) electrons. The highest BCUT2D eigenvalue weighted by atomic mass is 17.1. The van der Waals surface area contributed by atoms with Crippen molar-refractivity contribution in [1.82, 2.24) is 0 Å². The second kappa shape index (κ2) is 3.46. The number of hydrogen-bond donors (Lipinski definition) is 2. The first-order chi connectivity index (χ1) is 4.12.